The Hall–Kier alpha value is -2.37. The van der Waals surface area contributed by atoms with Gasteiger partial charge >= 0.3 is 6.09 Å². The molecule has 1 aromatic carbocycles. The number of halogens is 1. The van der Waals surface area contributed by atoms with Gasteiger partial charge in [-0.05, 0) is 29.7 Å². The summed E-state index contributed by atoms with van der Waals surface area (Å²) in [6, 6.07) is 6.10. The predicted molar refractivity (Wildman–Crippen MR) is 78.9 cm³/mol. The van der Waals surface area contributed by atoms with Crippen LogP contribution in [-0.2, 0) is 9.53 Å². The molecule has 0 bridgehead atoms. The standard InChI is InChI=1S/C16H18FNO4/c1-10(2)14-9-22-16(20)18(14)15(19)13(17)8-11-4-6-12(21-3)7-5-11/h4-8,10,14H,9H2,1-3H3/b13-8-/t14-/m0/s1. The smallest absolute Gasteiger partial charge is 0.417 e. The van der Waals surface area contributed by atoms with Gasteiger partial charge in [0.2, 0.25) is 0 Å². The van der Waals surface area contributed by atoms with Gasteiger partial charge in [-0.15, -0.1) is 0 Å². The largest absolute Gasteiger partial charge is 0.497 e. The van der Waals surface area contributed by atoms with Crippen LogP contribution in [0.25, 0.3) is 6.08 Å². The van der Waals surface area contributed by atoms with E-state index in [4.69, 9.17) is 9.47 Å². The molecule has 1 aliphatic heterocycles. The van der Waals surface area contributed by atoms with Gasteiger partial charge in [0.25, 0.3) is 5.91 Å². The Morgan fingerprint density at radius 2 is 2.05 bits per heavy atom. The first-order valence-electron chi connectivity index (χ1n) is 6.95. The summed E-state index contributed by atoms with van der Waals surface area (Å²) in [5, 5.41) is 0. The van der Waals surface area contributed by atoms with Crippen LogP contribution >= 0.6 is 0 Å². The molecule has 2 amide bonds. The van der Waals surface area contributed by atoms with Crippen molar-refractivity contribution in [2.45, 2.75) is 19.9 Å². The fourth-order valence-corrected chi connectivity index (χ4v) is 2.18. The normalized spacial score (nSPS) is 18.6. The summed E-state index contributed by atoms with van der Waals surface area (Å²) in [6.45, 7) is 3.79. The number of hydrogen-bond acceptors (Lipinski definition) is 4. The van der Waals surface area contributed by atoms with Crippen molar-refractivity contribution >= 4 is 18.1 Å². The minimum atomic E-state index is -1.00. The number of nitrogens with zero attached hydrogens (tertiary/aromatic N) is 1. The molecule has 1 atom stereocenters. The lowest BCUT2D eigenvalue weighted by Crippen LogP contribution is -2.42. The van der Waals surface area contributed by atoms with Crippen LogP contribution < -0.4 is 4.74 Å². The van der Waals surface area contributed by atoms with Crippen LogP contribution in [0.1, 0.15) is 19.4 Å². The van der Waals surface area contributed by atoms with Gasteiger partial charge in [0, 0.05) is 0 Å². The van der Waals surface area contributed by atoms with Crippen molar-refractivity contribution < 1.29 is 23.5 Å². The van der Waals surface area contributed by atoms with Crippen LogP contribution in [-0.4, -0.2) is 36.7 Å². The third-order valence-corrected chi connectivity index (χ3v) is 3.51. The molecule has 22 heavy (non-hydrogen) atoms. The minimum Gasteiger partial charge on any atom is -0.497 e. The van der Waals surface area contributed by atoms with Gasteiger partial charge in [0.15, 0.2) is 5.83 Å². The number of benzene rings is 1. The maximum atomic E-state index is 14.2. The number of rotatable bonds is 4. The topological polar surface area (TPSA) is 55.8 Å². The second-order valence-corrected chi connectivity index (χ2v) is 5.33. The number of cyclic esters (lactones) is 1. The van der Waals surface area contributed by atoms with E-state index in [1.54, 1.807) is 24.3 Å². The van der Waals surface area contributed by atoms with Crippen molar-refractivity contribution in [3.05, 3.63) is 35.7 Å². The molecule has 0 unspecified atom stereocenters. The highest BCUT2D eigenvalue weighted by atomic mass is 19.1. The van der Waals surface area contributed by atoms with E-state index in [0.29, 0.717) is 11.3 Å². The second kappa shape index (κ2) is 6.60. The van der Waals surface area contributed by atoms with E-state index in [0.717, 1.165) is 11.0 Å². The van der Waals surface area contributed by atoms with Crippen molar-refractivity contribution in [2.75, 3.05) is 13.7 Å². The lowest BCUT2D eigenvalue weighted by Gasteiger charge is -2.21. The Morgan fingerprint density at radius 1 is 1.41 bits per heavy atom. The highest BCUT2D eigenvalue weighted by Gasteiger charge is 2.40. The van der Waals surface area contributed by atoms with Gasteiger partial charge < -0.3 is 9.47 Å². The van der Waals surface area contributed by atoms with E-state index in [1.165, 1.54) is 7.11 Å². The zero-order valence-corrected chi connectivity index (χ0v) is 12.7. The highest BCUT2D eigenvalue weighted by Crippen LogP contribution is 2.23. The Morgan fingerprint density at radius 3 is 2.59 bits per heavy atom. The van der Waals surface area contributed by atoms with Gasteiger partial charge in [-0.2, -0.15) is 0 Å². The van der Waals surface area contributed by atoms with E-state index in [2.05, 4.69) is 0 Å². The number of amides is 2. The molecule has 1 aromatic rings. The number of methoxy groups -OCH3 is 1. The number of imide groups is 1. The molecule has 5 nitrogen and oxygen atoms in total. The average Bonchev–Trinajstić information content (AvgIpc) is 2.89. The van der Waals surface area contributed by atoms with Crippen molar-refractivity contribution in [1.82, 2.24) is 4.90 Å². The fraction of sp³-hybridized carbons (Fsp3) is 0.375. The van der Waals surface area contributed by atoms with Crippen LogP contribution in [0, 0.1) is 5.92 Å². The van der Waals surface area contributed by atoms with Crippen LogP contribution in [0.5, 0.6) is 5.75 Å². The van der Waals surface area contributed by atoms with Crippen molar-refractivity contribution in [1.29, 1.82) is 0 Å². The number of ether oxygens (including phenoxy) is 2. The second-order valence-electron chi connectivity index (χ2n) is 5.33. The Kier molecular flexibility index (Phi) is 4.80. The molecule has 1 heterocycles. The van der Waals surface area contributed by atoms with Crippen molar-refractivity contribution in [2.24, 2.45) is 5.92 Å². The lowest BCUT2D eigenvalue weighted by molar-refractivity contribution is -0.127. The highest BCUT2D eigenvalue weighted by molar-refractivity contribution is 6.04. The van der Waals surface area contributed by atoms with E-state index in [1.807, 2.05) is 13.8 Å². The summed E-state index contributed by atoms with van der Waals surface area (Å²) in [7, 11) is 1.53. The van der Waals surface area contributed by atoms with E-state index >= 15 is 0 Å². The van der Waals surface area contributed by atoms with Gasteiger partial charge in [-0.25, -0.2) is 14.1 Å². The summed E-state index contributed by atoms with van der Waals surface area (Å²) in [5.41, 5.74) is 0.500. The van der Waals surface area contributed by atoms with Gasteiger partial charge in [0.1, 0.15) is 12.4 Å². The first-order valence-corrected chi connectivity index (χ1v) is 6.95. The first-order chi connectivity index (χ1) is 10.4. The van der Waals surface area contributed by atoms with Crippen LogP contribution in [0.3, 0.4) is 0 Å². The molecule has 118 valence electrons. The molecular formula is C16H18FNO4. The molecule has 0 spiro atoms. The minimum absolute atomic E-state index is 0.0100. The molecule has 0 aliphatic carbocycles. The Balaban J connectivity index is 2.19. The number of hydrogen-bond donors (Lipinski definition) is 0. The maximum Gasteiger partial charge on any atom is 0.417 e. The molecule has 0 saturated carbocycles. The summed E-state index contributed by atoms with van der Waals surface area (Å²) >= 11 is 0. The van der Waals surface area contributed by atoms with Crippen LogP contribution in [0.4, 0.5) is 9.18 Å². The monoisotopic (exact) mass is 307 g/mol. The van der Waals surface area contributed by atoms with Crippen molar-refractivity contribution in [3.63, 3.8) is 0 Å². The van der Waals surface area contributed by atoms with E-state index < -0.39 is 23.9 Å². The molecular weight excluding hydrogens is 289 g/mol. The van der Waals surface area contributed by atoms with Crippen LogP contribution in [0.2, 0.25) is 0 Å². The van der Waals surface area contributed by atoms with Gasteiger partial charge in [0.05, 0.1) is 13.2 Å². The molecule has 0 aromatic heterocycles. The van der Waals surface area contributed by atoms with Crippen molar-refractivity contribution in [3.8, 4) is 5.75 Å². The van der Waals surface area contributed by atoms with Crippen LogP contribution in [0.15, 0.2) is 30.1 Å². The van der Waals surface area contributed by atoms with Gasteiger partial charge in [-0.3, -0.25) is 4.79 Å². The molecule has 1 aliphatic rings. The maximum absolute atomic E-state index is 14.2. The molecule has 1 saturated heterocycles. The Bertz CT molecular complexity index is 595. The zero-order chi connectivity index (χ0) is 16.3. The summed E-state index contributed by atoms with van der Waals surface area (Å²) in [5.74, 6) is -1.36. The predicted octanol–water partition coefficient (Wildman–Crippen LogP) is 3.01. The Labute approximate surface area is 128 Å². The van der Waals surface area contributed by atoms with E-state index in [-0.39, 0.29) is 12.5 Å². The lowest BCUT2D eigenvalue weighted by atomic mass is 10.0. The summed E-state index contributed by atoms with van der Waals surface area (Å²) in [4.78, 5) is 24.6. The first kappa shape index (κ1) is 16.0. The number of carbonyl (C=O) groups excluding carboxylic acids is 2. The third-order valence-electron chi connectivity index (χ3n) is 3.51. The average molecular weight is 307 g/mol. The molecule has 6 heteroatoms. The summed E-state index contributed by atoms with van der Waals surface area (Å²) in [6.07, 6.45) is 0.284. The fourth-order valence-electron chi connectivity index (χ4n) is 2.18. The SMILES string of the molecule is COc1ccc(/C=C(\F)C(=O)N2C(=O)OC[C@H]2C(C)C)cc1. The number of carbonyl (C=O) groups is 2. The quantitative estimate of drug-likeness (QED) is 0.802. The third kappa shape index (κ3) is 3.27. The van der Waals surface area contributed by atoms with E-state index in [9.17, 15) is 14.0 Å². The zero-order valence-electron chi connectivity index (χ0n) is 12.7. The van der Waals surface area contributed by atoms with Gasteiger partial charge in [-0.1, -0.05) is 26.0 Å². The molecule has 1 fully saturated rings. The molecule has 0 N–H and O–H groups in total. The summed E-state index contributed by atoms with van der Waals surface area (Å²) < 4.78 is 24.0. The molecule has 2 rings (SSSR count). The molecule has 0 radical (unpaired) electrons.